The molecule has 1 fully saturated rings. The summed E-state index contributed by atoms with van der Waals surface area (Å²) in [6.45, 7) is 8.00. The number of hydrogen-bond acceptors (Lipinski definition) is 4. The van der Waals surface area contributed by atoms with Gasteiger partial charge < -0.3 is 15.1 Å². The van der Waals surface area contributed by atoms with Crippen molar-refractivity contribution in [3.63, 3.8) is 0 Å². The Morgan fingerprint density at radius 3 is 2.21 bits per heavy atom. The minimum absolute atomic E-state index is 0.130. The van der Waals surface area contributed by atoms with E-state index in [1.165, 1.54) is 5.69 Å². The van der Waals surface area contributed by atoms with Crippen LogP contribution in [0.3, 0.4) is 0 Å². The van der Waals surface area contributed by atoms with E-state index in [9.17, 15) is 4.79 Å². The monoisotopic (exact) mass is 389 g/mol. The Kier molecular flexibility index (Phi) is 5.36. The van der Waals surface area contributed by atoms with E-state index in [1.54, 1.807) is 0 Å². The van der Waals surface area contributed by atoms with Crippen molar-refractivity contribution in [1.82, 2.24) is 14.7 Å². The van der Waals surface area contributed by atoms with Crippen LogP contribution in [0.2, 0.25) is 0 Å². The number of nitrogens with zero attached hydrogens (tertiary/aromatic N) is 4. The maximum Gasteiger partial charge on any atom is 0.259 e. The highest BCUT2D eigenvalue weighted by Gasteiger charge is 2.20. The molecule has 1 aliphatic heterocycles. The van der Waals surface area contributed by atoms with Gasteiger partial charge in [0.25, 0.3) is 5.91 Å². The van der Waals surface area contributed by atoms with E-state index >= 15 is 0 Å². The van der Waals surface area contributed by atoms with Crippen LogP contribution >= 0.6 is 0 Å². The normalized spacial score (nSPS) is 14.8. The SMILES string of the molecule is Cc1nn(-c2ccccc2)c(C)c1C(=O)Nc1ccc(N2CCN(C)CC2)cc1. The van der Waals surface area contributed by atoms with Gasteiger partial charge in [-0.05, 0) is 57.3 Å². The minimum Gasteiger partial charge on any atom is -0.369 e. The van der Waals surface area contributed by atoms with Gasteiger partial charge in [0.1, 0.15) is 0 Å². The quantitative estimate of drug-likeness (QED) is 0.742. The van der Waals surface area contributed by atoms with Crippen LogP contribution in [0.4, 0.5) is 11.4 Å². The molecule has 1 aliphatic rings. The second kappa shape index (κ2) is 8.09. The fourth-order valence-corrected chi connectivity index (χ4v) is 3.81. The van der Waals surface area contributed by atoms with Gasteiger partial charge in [0.2, 0.25) is 0 Å². The third-order valence-corrected chi connectivity index (χ3v) is 5.51. The molecule has 150 valence electrons. The van der Waals surface area contributed by atoms with Gasteiger partial charge in [-0.15, -0.1) is 0 Å². The van der Waals surface area contributed by atoms with Crippen LogP contribution in [0.15, 0.2) is 54.6 Å². The predicted octanol–water partition coefficient (Wildman–Crippen LogP) is 3.49. The number of benzene rings is 2. The lowest BCUT2D eigenvalue weighted by atomic mass is 10.1. The van der Waals surface area contributed by atoms with Crippen molar-refractivity contribution in [1.29, 1.82) is 0 Å². The van der Waals surface area contributed by atoms with Gasteiger partial charge in [-0.1, -0.05) is 18.2 Å². The molecular weight excluding hydrogens is 362 g/mol. The Balaban J connectivity index is 1.49. The molecule has 2 aromatic carbocycles. The molecule has 4 rings (SSSR count). The second-order valence-electron chi connectivity index (χ2n) is 7.58. The van der Waals surface area contributed by atoms with Gasteiger partial charge in [-0.3, -0.25) is 4.79 Å². The standard InChI is InChI=1S/C23H27N5O/c1-17-22(18(2)28(25-17)21-7-5-4-6-8-21)23(29)24-19-9-11-20(12-10-19)27-15-13-26(3)14-16-27/h4-12H,13-16H2,1-3H3,(H,24,29). The fourth-order valence-electron chi connectivity index (χ4n) is 3.81. The summed E-state index contributed by atoms with van der Waals surface area (Å²) in [6, 6.07) is 18.0. The summed E-state index contributed by atoms with van der Waals surface area (Å²) in [5.74, 6) is -0.130. The number of amides is 1. The molecule has 0 saturated carbocycles. The third kappa shape index (κ3) is 4.03. The number of likely N-dealkylation sites (N-methyl/N-ethyl adjacent to an activating group) is 1. The van der Waals surface area contributed by atoms with Gasteiger partial charge in [0, 0.05) is 37.6 Å². The first-order valence-corrected chi connectivity index (χ1v) is 9.99. The van der Waals surface area contributed by atoms with E-state index in [2.05, 4.69) is 39.4 Å². The van der Waals surface area contributed by atoms with Crippen molar-refractivity contribution in [2.24, 2.45) is 0 Å². The third-order valence-electron chi connectivity index (χ3n) is 5.51. The molecule has 0 spiro atoms. The average Bonchev–Trinajstić information content (AvgIpc) is 3.04. The number of piperazine rings is 1. The first-order valence-electron chi connectivity index (χ1n) is 9.99. The highest BCUT2D eigenvalue weighted by molar-refractivity contribution is 6.06. The summed E-state index contributed by atoms with van der Waals surface area (Å²) in [5.41, 5.74) is 5.11. The number of carbonyl (C=O) groups is 1. The molecule has 1 amide bonds. The molecule has 0 radical (unpaired) electrons. The first-order chi connectivity index (χ1) is 14.0. The van der Waals surface area contributed by atoms with E-state index in [0.29, 0.717) is 5.56 Å². The zero-order chi connectivity index (χ0) is 20.4. The summed E-state index contributed by atoms with van der Waals surface area (Å²) >= 11 is 0. The first kappa shape index (κ1) is 19.2. The van der Waals surface area contributed by atoms with Gasteiger partial charge in [0.05, 0.1) is 22.6 Å². The van der Waals surface area contributed by atoms with Crippen LogP contribution in [0, 0.1) is 13.8 Å². The Hall–Kier alpha value is -3.12. The minimum atomic E-state index is -0.130. The lowest BCUT2D eigenvalue weighted by molar-refractivity contribution is 0.102. The predicted molar refractivity (Wildman–Crippen MR) is 117 cm³/mol. The maximum atomic E-state index is 12.9. The zero-order valence-corrected chi connectivity index (χ0v) is 17.2. The summed E-state index contributed by atoms with van der Waals surface area (Å²) < 4.78 is 1.82. The van der Waals surface area contributed by atoms with Crippen molar-refractivity contribution in [3.8, 4) is 5.69 Å². The lowest BCUT2D eigenvalue weighted by Crippen LogP contribution is -2.44. The topological polar surface area (TPSA) is 53.4 Å². The molecule has 6 nitrogen and oxygen atoms in total. The van der Waals surface area contributed by atoms with E-state index in [-0.39, 0.29) is 5.91 Å². The average molecular weight is 390 g/mol. The van der Waals surface area contributed by atoms with Crippen molar-refractivity contribution in [2.75, 3.05) is 43.4 Å². The molecule has 2 heterocycles. The van der Waals surface area contributed by atoms with Crippen LogP contribution in [0.1, 0.15) is 21.7 Å². The number of rotatable bonds is 4. The molecule has 0 unspecified atom stereocenters. The van der Waals surface area contributed by atoms with Crippen LogP contribution in [-0.2, 0) is 0 Å². The van der Waals surface area contributed by atoms with Gasteiger partial charge in [0.15, 0.2) is 0 Å². The number of nitrogens with one attached hydrogen (secondary N) is 1. The van der Waals surface area contributed by atoms with E-state index < -0.39 is 0 Å². The number of aromatic nitrogens is 2. The molecule has 29 heavy (non-hydrogen) atoms. The molecule has 0 aliphatic carbocycles. The highest BCUT2D eigenvalue weighted by atomic mass is 16.1. The van der Waals surface area contributed by atoms with Gasteiger partial charge in [-0.25, -0.2) is 4.68 Å². The largest absolute Gasteiger partial charge is 0.369 e. The van der Waals surface area contributed by atoms with E-state index in [0.717, 1.165) is 48.9 Å². The molecule has 1 aromatic heterocycles. The molecule has 1 saturated heterocycles. The number of carbonyl (C=O) groups excluding carboxylic acids is 1. The number of aryl methyl sites for hydroxylation is 1. The summed E-state index contributed by atoms with van der Waals surface area (Å²) in [6.07, 6.45) is 0. The van der Waals surface area contributed by atoms with E-state index in [1.807, 2.05) is 61.0 Å². The van der Waals surface area contributed by atoms with Crippen molar-refractivity contribution in [2.45, 2.75) is 13.8 Å². The lowest BCUT2D eigenvalue weighted by Gasteiger charge is -2.34. The van der Waals surface area contributed by atoms with Crippen molar-refractivity contribution in [3.05, 3.63) is 71.5 Å². The molecule has 6 heteroatoms. The summed E-state index contributed by atoms with van der Waals surface area (Å²) in [7, 11) is 2.15. The molecule has 0 atom stereocenters. The molecular formula is C23H27N5O. The Bertz CT molecular complexity index is 986. The molecule has 1 N–H and O–H groups in total. The molecule has 0 bridgehead atoms. The Morgan fingerprint density at radius 1 is 0.897 bits per heavy atom. The Morgan fingerprint density at radius 2 is 1.55 bits per heavy atom. The number of anilines is 2. The fraction of sp³-hybridized carbons (Fsp3) is 0.304. The van der Waals surface area contributed by atoms with Crippen molar-refractivity contribution >= 4 is 17.3 Å². The molecule has 3 aromatic rings. The van der Waals surface area contributed by atoms with Gasteiger partial charge >= 0.3 is 0 Å². The van der Waals surface area contributed by atoms with Crippen LogP contribution < -0.4 is 10.2 Å². The summed E-state index contributed by atoms with van der Waals surface area (Å²) in [5, 5.41) is 7.59. The number of hydrogen-bond donors (Lipinski definition) is 1. The highest BCUT2D eigenvalue weighted by Crippen LogP contribution is 2.22. The summed E-state index contributed by atoms with van der Waals surface area (Å²) in [4.78, 5) is 17.7. The Labute approximate surface area is 171 Å². The van der Waals surface area contributed by atoms with Gasteiger partial charge in [-0.2, -0.15) is 5.10 Å². The van der Waals surface area contributed by atoms with Crippen LogP contribution in [0.25, 0.3) is 5.69 Å². The van der Waals surface area contributed by atoms with E-state index in [4.69, 9.17) is 0 Å². The van der Waals surface area contributed by atoms with Crippen molar-refractivity contribution < 1.29 is 4.79 Å². The zero-order valence-electron chi connectivity index (χ0n) is 17.2. The maximum absolute atomic E-state index is 12.9. The second-order valence-corrected chi connectivity index (χ2v) is 7.58. The van der Waals surface area contributed by atoms with Crippen LogP contribution in [-0.4, -0.2) is 53.8 Å². The smallest absolute Gasteiger partial charge is 0.259 e. The number of para-hydroxylation sites is 1. The van der Waals surface area contributed by atoms with Crippen LogP contribution in [0.5, 0.6) is 0 Å².